The number of aryl methyl sites for hydroxylation is 1. The zero-order valence-corrected chi connectivity index (χ0v) is 15.9. The third kappa shape index (κ3) is 5.69. The summed E-state index contributed by atoms with van der Waals surface area (Å²) in [6.07, 6.45) is 0. The zero-order chi connectivity index (χ0) is 17.9. The number of carbonyl (C=O) groups excluding carboxylic acids is 2. The van der Waals surface area contributed by atoms with Crippen LogP contribution in [0.4, 0.5) is 0 Å². The molecule has 2 amide bonds. The molecule has 1 aromatic carbocycles. The summed E-state index contributed by atoms with van der Waals surface area (Å²) in [6, 6.07) is 5.68. The Morgan fingerprint density at radius 2 is 1.68 bits per heavy atom. The maximum Gasteiger partial charge on any atom is 0.244 e. The quantitative estimate of drug-likeness (QED) is 0.763. The summed E-state index contributed by atoms with van der Waals surface area (Å²) in [7, 11) is -3.05. The number of carbonyl (C=O) groups is 2. The van der Waals surface area contributed by atoms with E-state index < -0.39 is 27.8 Å². The van der Waals surface area contributed by atoms with Gasteiger partial charge >= 0.3 is 0 Å². The molecule has 0 saturated carbocycles. The minimum Gasteiger partial charge on any atom is -0.343 e. The highest BCUT2D eigenvalue weighted by molar-refractivity contribution is 7.91. The first-order chi connectivity index (χ1) is 11.2. The van der Waals surface area contributed by atoms with Gasteiger partial charge in [0.15, 0.2) is 9.84 Å². The van der Waals surface area contributed by atoms with Gasteiger partial charge in [-0.3, -0.25) is 9.59 Å². The summed E-state index contributed by atoms with van der Waals surface area (Å²) >= 11 is 0. The van der Waals surface area contributed by atoms with Crippen molar-refractivity contribution in [2.75, 3.05) is 24.6 Å². The number of amides is 2. The molecule has 0 radical (unpaired) electrons. The average Bonchev–Trinajstić information content (AvgIpc) is 2.54. The molecule has 9 heteroatoms. The molecule has 1 aliphatic heterocycles. The molecule has 1 heterocycles. The van der Waals surface area contributed by atoms with Gasteiger partial charge in [0, 0.05) is 13.1 Å². The van der Waals surface area contributed by atoms with Gasteiger partial charge in [-0.05, 0) is 19.4 Å². The Labute approximate surface area is 154 Å². The first-order valence-electron chi connectivity index (χ1n) is 7.81. The number of hydrogen-bond donors (Lipinski definition) is 2. The number of nitrogens with one attached hydrogen (secondary N) is 1. The largest absolute Gasteiger partial charge is 0.343 e. The van der Waals surface area contributed by atoms with Crippen LogP contribution in [-0.4, -0.2) is 55.8 Å². The molecular weight excluding hydrogens is 366 g/mol. The molecule has 7 nitrogen and oxygen atoms in total. The van der Waals surface area contributed by atoms with E-state index in [2.05, 4.69) is 5.32 Å². The van der Waals surface area contributed by atoms with E-state index in [0.717, 1.165) is 5.56 Å². The lowest BCUT2D eigenvalue weighted by Gasteiger charge is -2.29. The molecule has 25 heavy (non-hydrogen) atoms. The third-order valence-electron chi connectivity index (χ3n) is 4.10. The number of nitrogens with zero attached hydrogens (tertiary/aromatic N) is 1. The summed E-state index contributed by atoms with van der Waals surface area (Å²) in [4.78, 5) is 26.0. The Bertz CT molecular complexity index is 707. The molecule has 0 aliphatic carbocycles. The van der Waals surface area contributed by atoms with E-state index in [-0.39, 0.29) is 42.9 Å². The Balaban J connectivity index is 0.00000312. The Hall–Kier alpha value is -1.64. The number of nitrogens with two attached hydrogens (primary N) is 1. The van der Waals surface area contributed by atoms with Crippen molar-refractivity contribution in [3.63, 3.8) is 0 Å². The van der Waals surface area contributed by atoms with Crippen LogP contribution in [0.5, 0.6) is 0 Å². The van der Waals surface area contributed by atoms with Crippen molar-refractivity contribution in [2.45, 2.75) is 25.9 Å². The van der Waals surface area contributed by atoms with E-state index in [0.29, 0.717) is 5.56 Å². The number of benzene rings is 1. The maximum atomic E-state index is 12.3. The van der Waals surface area contributed by atoms with Crippen molar-refractivity contribution in [1.29, 1.82) is 0 Å². The van der Waals surface area contributed by atoms with E-state index in [4.69, 9.17) is 5.73 Å². The van der Waals surface area contributed by atoms with Crippen LogP contribution in [0, 0.1) is 6.92 Å². The van der Waals surface area contributed by atoms with Gasteiger partial charge in [0.05, 0.1) is 11.5 Å². The van der Waals surface area contributed by atoms with Crippen molar-refractivity contribution < 1.29 is 18.0 Å². The molecule has 2 unspecified atom stereocenters. The predicted molar refractivity (Wildman–Crippen MR) is 98.2 cm³/mol. The molecule has 0 spiro atoms. The fraction of sp³-hybridized carbons (Fsp3) is 0.500. The molecule has 2 rings (SSSR count). The normalized spacial score (nSPS) is 18.6. The third-order valence-corrected chi connectivity index (χ3v) is 5.71. The number of rotatable bonds is 4. The van der Waals surface area contributed by atoms with E-state index >= 15 is 0 Å². The second-order valence-electron chi connectivity index (χ2n) is 6.10. The SMILES string of the molecule is Cc1ccc(C(N)C(=O)NC(C)C(=O)N2CCS(=O)(=O)CC2)cc1.Cl. The number of sulfone groups is 1. The molecule has 1 fully saturated rings. The van der Waals surface area contributed by atoms with Gasteiger partial charge in [-0.15, -0.1) is 12.4 Å². The van der Waals surface area contributed by atoms with E-state index in [1.165, 1.54) is 4.90 Å². The molecule has 0 aromatic heterocycles. The molecule has 1 aliphatic rings. The molecule has 0 bridgehead atoms. The van der Waals surface area contributed by atoms with Crippen LogP contribution >= 0.6 is 12.4 Å². The van der Waals surface area contributed by atoms with Crippen LogP contribution in [-0.2, 0) is 19.4 Å². The van der Waals surface area contributed by atoms with Crippen molar-refractivity contribution in [3.05, 3.63) is 35.4 Å². The van der Waals surface area contributed by atoms with Crippen molar-refractivity contribution in [1.82, 2.24) is 10.2 Å². The van der Waals surface area contributed by atoms with Gasteiger partial charge in [0.25, 0.3) is 0 Å². The summed E-state index contributed by atoms with van der Waals surface area (Å²) in [5, 5.41) is 2.61. The fourth-order valence-electron chi connectivity index (χ4n) is 2.50. The van der Waals surface area contributed by atoms with Gasteiger partial charge < -0.3 is 16.0 Å². The highest BCUT2D eigenvalue weighted by Crippen LogP contribution is 2.12. The summed E-state index contributed by atoms with van der Waals surface area (Å²) in [5.41, 5.74) is 7.67. The van der Waals surface area contributed by atoms with Crippen molar-refractivity contribution >= 4 is 34.1 Å². The van der Waals surface area contributed by atoms with Crippen molar-refractivity contribution in [3.8, 4) is 0 Å². The van der Waals surface area contributed by atoms with Crippen LogP contribution in [0.1, 0.15) is 24.1 Å². The predicted octanol–water partition coefficient (Wildman–Crippen LogP) is 0.178. The fourth-order valence-corrected chi connectivity index (χ4v) is 3.70. The second kappa shape index (κ2) is 8.64. The smallest absolute Gasteiger partial charge is 0.244 e. The van der Waals surface area contributed by atoms with Crippen LogP contribution in [0.2, 0.25) is 0 Å². The first-order valence-corrected chi connectivity index (χ1v) is 9.63. The van der Waals surface area contributed by atoms with Gasteiger partial charge in [0.1, 0.15) is 12.1 Å². The Kier molecular flexibility index (Phi) is 7.40. The number of halogens is 1. The highest BCUT2D eigenvalue weighted by Gasteiger charge is 2.29. The van der Waals surface area contributed by atoms with Gasteiger partial charge in [0.2, 0.25) is 11.8 Å². The molecule has 140 valence electrons. The minimum absolute atomic E-state index is 0. The molecule has 3 N–H and O–H groups in total. The summed E-state index contributed by atoms with van der Waals surface area (Å²) in [5.74, 6) is -0.816. The van der Waals surface area contributed by atoms with Crippen LogP contribution in [0.25, 0.3) is 0 Å². The van der Waals surface area contributed by atoms with E-state index in [9.17, 15) is 18.0 Å². The van der Waals surface area contributed by atoms with Crippen LogP contribution in [0.15, 0.2) is 24.3 Å². The van der Waals surface area contributed by atoms with Gasteiger partial charge in [-0.2, -0.15) is 0 Å². The maximum absolute atomic E-state index is 12.3. The van der Waals surface area contributed by atoms with E-state index in [1.54, 1.807) is 19.1 Å². The first kappa shape index (κ1) is 21.4. The molecule has 1 saturated heterocycles. The summed E-state index contributed by atoms with van der Waals surface area (Å²) in [6.45, 7) is 3.83. The lowest BCUT2D eigenvalue weighted by atomic mass is 10.0. The van der Waals surface area contributed by atoms with E-state index in [1.807, 2.05) is 19.1 Å². The Morgan fingerprint density at radius 3 is 2.20 bits per heavy atom. The van der Waals surface area contributed by atoms with Crippen LogP contribution in [0.3, 0.4) is 0 Å². The highest BCUT2D eigenvalue weighted by atomic mass is 35.5. The lowest BCUT2D eigenvalue weighted by Crippen LogP contribution is -2.52. The van der Waals surface area contributed by atoms with Gasteiger partial charge in [-0.1, -0.05) is 29.8 Å². The Morgan fingerprint density at radius 1 is 1.16 bits per heavy atom. The standard InChI is InChI=1S/C16H23N3O4S.ClH/c1-11-3-5-13(6-4-11)14(17)15(20)18-12(2)16(21)19-7-9-24(22,23)10-8-19;/h3-6,12,14H,7-10,17H2,1-2H3,(H,18,20);1H. The minimum atomic E-state index is -3.05. The second-order valence-corrected chi connectivity index (χ2v) is 8.40. The van der Waals surface area contributed by atoms with Gasteiger partial charge in [-0.25, -0.2) is 8.42 Å². The molecule has 1 aromatic rings. The summed E-state index contributed by atoms with van der Waals surface area (Å²) < 4.78 is 22.8. The average molecular weight is 390 g/mol. The topological polar surface area (TPSA) is 110 Å². The number of hydrogen-bond acceptors (Lipinski definition) is 5. The molecular formula is C16H24ClN3O4S. The van der Waals surface area contributed by atoms with Crippen molar-refractivity contribution in [2.24, 2.45) is 5.73 Å². The monoisotopic (exact) mass is 389 g/mol. The zero-order valence-electron chi connectivity index (χ0n) is 14.3. The van der Waals surface area contributed by atoms with Crippen LogP contribution < -0.4 is 11.1 Å². The lowest BCUT2D eigenvalue weighted by molar-refractivity contribution is -0.136. The molecule has 2 atom stereocenters.